The van der Waals surface area contributed by atoms with Gasteiger partial charge in [-0.3, -0.25) is 0 Å². The van der Waals surface area contributed by atoms with Crippen molar-refractivity contribution in [2.45, 2.75) is 57.8 Å². The lowest BCUT2D eigenvalue weighted by Crippen LogP contribution is -2.50. The van der Waals surface area contributed by atoms with Crippen LogP contribution in [-0.4, -0.2) is 51.0 Å². The van der Waals surface area contributed by atoms with Crippen molar-refractivity contribution in [3.63, 3.8) is 0 Å². The molecule has 0 saturated carbocycles. The number of benzene rings is 3. The van der Waals surface area contributed by atoms with Gasteiger partial charge in [0, 0.05) is 42.6 Å². The van der Waals surface area contributed by atoms with Crippen molar-refractivity contribution in [3.8, 4) is 17.2 Å². The zero-order valence-corrected chi connectivity index (χ0v) is 28.8. The van der Waals surface area contributed by atoms with Gasteiger partial charge in [0.1, 0.15) is 24.7 Å². The Bertz CT molecular complexity index is 1620. The maximum atomic E-state index is 13.6. The summed E-state index contributed by atoms with van der Waals surface area (Å²) in [5, 5.41) is 6.44. The number of nitrogens with zero attached hydrogens (tertiary/aromatic N) is 2. The maximum absolute atomic E-state index is 13.6. The Hall–Kier alpha value is -4.92. The highest BCUT2D eigenvalue weighted by molar-refractivity contribution is 5.92. The molecule has 0 spiro atoms. The van der Waals surface area contributed by atoms with E-state index in [0.29, 0.717) is 25.4 Å². The first kappa shape index (κ1) is 34.4. The standard InChI is InChI=1S/C39H49N5O4/c1-27(2)33-24-30(40)25-34(28(3)4)36(33)43-38(45)42-26-39(29-11-9-14-32(23-29)46-5)16-19-44(20-17-39)37-35(15-10-18-41-37)48-22-21-47-31-12-7-6-8-13-31/h6-15,18,23-25,27-28H,16-17,19-22,26,40H2,1-5H3,(H2,42,43,45). The fourth-order valence-electron chi connectivity index (χ4n) is 6.40. The van der Waals surface area contributed by atoms with E-state index in [2.05, 4.69) is 55.4 Å². The highest BCUT2D eigenvalue weighted by Crippen LogP contribution is 2.40. The number of nitrogens with two attached hydrogens (primary N) is 1. The maximum Gasteiger partial charge on any atom is 0.319 e. The third kappa shape index (κ3) is 8.32. The molecule has 0 aliphatic carbocycles. The minimum absolute atomic E-state index is 0.200. The van der Waals surface area contributed by atoms with Crippen LogP contribution in [0.2, 0.25) is 0 Å². The first-order valence-electron chi connectivity index (χ1n) is 16.8. The van der Waals surface area contributed by atoms with Crippen LogP contribution in [0.4, 0.5) is 22.0 Å². The van der Waals surface area contributed by atoms with Crippen molar-refractivity contribution >= 4 is 23.2 Å². The number of ether oxygens (including phenoxy) is 3. The summed E-state index contributed by atoms with van der Waals surface area (Å²) in [6.45, 7) is 11.2. The van der Waals surface area contributed by atoms with E-state index >= 15 is 0 Å². The molecule has 1 fully saturated rings. The Balaban J connectivity index is 1.30. The molecule has 2 heterocycles. The summed E-state index contributed by atoms with van der Waals surface area (Å²) in [6.07, 6.45) is 3.39. The first-order valence-corrected chi connectivity index (χ1v) is 16.8. The highest BCUT2D eigenvalue weighted by Gasteiger charge is 2.38. The van der Waals surface area contributed by atoms with Crippen LogP contribution in [0.3, 0.4) is 0 Å². The van der Waals surface area contributed by atoms with Crippen LogP contribution in [0.5, 0.6) is 17.2 Å². The minimum atomic E-state index is -0.315. The van der Waals surface area contributed by atoms with E-state index in [1.54, 1.807) is 13.3 Å². The highest BCUT2D eigenvalue weighted by atomic mass is 16.5. The Morgan fingerprint density at radius 2 is 1.54 bits per heavy atom. The van der Waals surface area contributed by atoms with Gasteiger partial charge in [0.15, 0.2) is 11.6 Å². The third-order valence-corrected chi connectivity index (χ3v) is 9.10. The van der Waals surface area contributed by atoms with Gasteiger partial charge < -0.3 is 35.5 Å². The van der Waals surface area contributed by atoms with Crippen molar-refractivity contribution in [1.29, 1.82) is 0 Å². The van der Waals surface area contributed by atoms with Gasteiger partial charge in [-0.1, -0.05) is 58.0 Å². The van der Waals surface area contributed by atoms with E-state index in [1.165, 1.54) is 0 Å². The number of methoxy groups -OCH3 is 1. The Kier molecular flexibility index (Phi) is 11.3. The van der Waals surface area contributed by atoms with Gasteiger partial charge in [0.25, 0.3) is 0 Å². The Morgan fingerprint density at radius 3 is 2.21 bits per heavy atom. The molecule has 0 atom stereocenters. The number of carbonyl (C=O) groups is 1. The molecule has 2 amide bonds. The van der Waals surface area contributed by atoms with E-state index in [1.807, 2.05) is 66.7 Å². The zero-order valence-electron chi connectivity index (χ0n) is 28.8. The van der Waals surface area contributed by atoms with Gasteiger partial charge in [0.05, 0.1) is 7.11 Å². The Labute approximate surface area is 284 Å². The number of nitrogens with one attached hydrogen (secondary N) is 2. The number of anilines is 3. The topological polar surface area (TPSA) is 111 Å². The summed E-state index contributed by atoms with van der Waals surface area (Å²) in [6, 6.07) is 25.5. The fraction of sp³-hybridized carbons (Fsp3) is 0.385. The van der Waals surface area contributed by atoms with E-state index < -0.39 is 0 Å². The molecule has 3 aromatic carbocycles. The smallest absolute Gasteiger partial charge is 0.319 e. The summed E-state index contributed by atoms with van der Waals surface area (Å²) >= 11 is 0. The van der Waals surface area contributed by atoms with Crippen LogP contribution in [0, 0.1) is 0 Å². The van der Waals surface area contributed by atoms with Gasteiger partial charge in [-0.25, -0.2) is 9.78 Å². The van der Waals surface area contributed by atoms with Crippen LogP contribution in [0.25, 0.3) is 0 Å². The molecule has 254 valence electrons. The summed E-state index contributed by atoms with van der Waals surface area (Å²) < 4.78 is 17.6. The van der Waals surface area contributed by atoms with Gasteiger partial charge in [0.2, 0.25) is 0 Å². The number of hydrogen-bond donors (Lipinski definition) is 3. The Morgan fingerprint density at radius 1 is 0.875 bits per heavy atom. The molecule has 4 N–H and O–H groups in total. The number of carbonyl (C=O) groups excluding carboxylic acids is 1. The number of piperidine rings is 1. The number of nitrogen functional groups attached to an aromatic ring is 1. The number of amides is 2. The number of urea groups is 1. The second-order valence-electron chi connectivity index (χ2n) is 13.0. The molecule has 9 nitrogen and oxygen atoms in total. The summed E-state index contributed by atoms with van der Waals surface area (Å²) in [5.41, 5.74) is 10.7. The van der Waals surface area contributed by atoms with Crippen molar-refractivity contribution < 1.29 is 19.0 Å². The summed E-state index contributed by atoms with van der Waals surface area (Å²) in [5.74, 6) is 3.55. The van der Waals surface area contributed by atoms with Gasteiger partial charge >= 0.3 is 6.03 Å². The van der Waals surface area contributed by atoms with Crippen LogP contribution < -0.4 is 35.5 Å². The monoisotopic (exact) mass is 651 g/mol. The SMILES string of the molecule is COc1cccc(C2(CNC(=O)Nc3c(C(C)C)cc(N)cc3C(C)C)CCN(c3ncccc3OCCOc3ccccc3)CC2)c1. The van der Waals surface area contributed by atoms with Crippen LogP contribution >= 0.6 is 0 Å². The van der Waals surface area contributed by atoms with Crippen molar-refractivity contribution in [1.82, 2.24) is 10.3 Å². The molecule has 4 aromatic rings. The second kappa shape index (κ2) is 15.8. The molecule has 1 aliphatic heterocycles. The molecule has 0 unspecified atom stereocenters. The molecule has 48 heavy (non-hydrogen) atoms. The van der Waals surface area contributed by atoms with Crippen molar-refractivity contribution in [2.24, 2.45) is 0 Å². The molecule has 1 saturated heterocycles. The van der Waals surface area contributed by atoms with E-state index in [0.717, 1.165) is 71.4 Å². The molecule has 1 aromatic heterocycles. The fourth-order valence-corrected chi connectivity index (χ4v) is 6.40. The molecule has 9 heteroatoms. The average Bonchev–Trinajstić information content (AvgIpc) is 3.10. The molecular formula is C39H49N5O4. The largest absolute Gasteiger partial charge is 0.497 e. The lowest BCUT2D eigenvalue weighted by Gasteiger charge is -2.43. The van der Waals surface area contributed by atoms with E-state index in [9.17, 15) is 4.79 Å². The van der Waals surface area contributed by atoms with Gasteiger partial charge in [-0.15, -0.1) is 0 Å². The first-order chi connectivity index (χ1) is 23.2. The second-order valence-corrected chi connectivity index (χ2v) is 13.0. The number of rotatable bonds is 13. The summed E-state index contributed by atoms with van der Waals surface area (Å²) in [7, 11) is 1.68. The van der Waals surface area contributed by atoms with Crippen LogP contribution in [0.15, 0.2) is 85.1 Å². The molecule has 5 rings (SSSR count). The molecule has 0 radical (unpaired) electrons. The molecule has 0 bridgehead atoms. The number of hydrogen-bond acceptors (Lipinski definition) is 7. The van der Waals surface area contributed by atoms with Gasteiger partial charge in [-0.2, -0.15) is 0 Å². The number of para-hydroxylation sites is 1. The number of pyridine rings is 1. The number of aromatic nitrogens is 1. The summed E-state index contributed by atoms with van der Waals surface area (Å²) in [4.78, 5) is 20.6. The normalized spacial score (nSPS) is 14.1. The zero-order chi connectivity index (χ0) is 34.1. The lowest BCUT2D eigenvalue weighted by molar-refractivity contribution is 0.216. The van der Waals surface area contributed by atoms with Crippen molar-refractivity contribution in [2.75, 3.05) is 55.9 Å². The quantitative estimate of drug-likeness (QED) is 0.100. The van der Waals surface area contributed by atoms with Crippen LogP contribution in [-0.2, 0) is 5.41 Å². The minimum Gasteiger partial charge on any atom is -0.497 e. The lowest BCUT2D eigenvalue weighted by atomic mass is 9.72. The molecule has 1 aliphatic rings. The third-order valence-electron chi connectivity index (χ3n) is 9.10. The van der Waals surface area contributed by atoms with E-state index in [-0.39, 0.29) is 23.3 Å². The predicted octanol–water partition coefficient (Wildman–Crippen LogP) is 7.74. The predicted molar refractivity (Wildman–Crippen MR) is 194 cm³/mol. The average molecular weight is 652 g/mol. The van der Waals surface area contributed by atoms with Crippen molar-refractivity contribution in [3.05, 3.63) is 102 Å². The van der Waals surface area contributed by atoms with Crippen LogP contribution in [0.1, 0.15) is 69.1 Å². The molecular weight excluding hydrogens is 602 g/mol. The van der Waals surface area contributed by atoms with Gasteiger partial charge in [-0.05, 0) is 89.9 Å². The van der Waals surface area contributed by atoms with E-state index in [4.69, 9.17) is 24.9 Å².